The van der Waals surface area contributed by atoms with Gasteiger partial charge in [-0.05, 0) is 50.4 Å². The Hall–Kier alpha value is -0.890. The lowest BCUT2D eigenvalue weighted by atomic mass is 9.64. The SMILES string of the molecule is CC1=CC=C[C@@]2(C)C(=O)C[C@@H]3[C@](C)(CC[C@@]3(O)C(C)C)C[C@@H]12. The van der Waals surface area contributed by atoms with Gasteiger partial charge in [-0.25, -0.2) is 0 Å². The first-order valence-corrected chi connectivity index (χ1v) is 8.75. The summed E-state index contributed by atoms with van der Waals surface area (Å²) in [5.41, 5.74) is 0.317. The van der Waals surface area contributed by atoms with Gasteiger partial charge in [0.25, 0.3) is 0 Å². The van der Waals surface area contributed by atoms with Crippen molar-refractivity contribution in [1.82, 2.24) is 0 Å². The number of ketones is 1. The van der Waals surface area contributed by atoms with Crippen LogP contribution in [-0.2, 0) is 4.79 Å². The molecular weight excluding hydrogens is 272 g/mol. The molecular formula is C20H30O2. The lowest BCUT2D eigenvalue weighted by Crippen LogP contribution is -2.44. The van der Waals surface area contributed by atoms with Crippen LogP contribution in [0.2, 0.25) is 0 Å². The van der Waals surface area contributed by atoms with E-state index >= 15 is 0 Å². The van der Waals surface area contributed by atoms with Crippen molar-refractivity contribution < 1.29 is 9.90 Å². The molecule has 122 valence electrons. The third-order valence-electron chi connectivity index (χ3n) is 7.28. The Balaban J connectivity index is 2.06. The van der Waals surface area contributed by atoms with E-state index < -0.39 is 5.60 Å². The lowest BCUT2D eigenvalue weighted by Gasteiger charge is -2.41. The van der Waals surface area contributed by atoms with Crippen molar-refractivity contribution in [2.45, 2.75) is 65.9 Å². The predicted octanol–water partition coefficient (Wildman–Crippen LogP) is 4.29. The lowest BCUT2D eigenvalue weighted by molar-refractivity contribution is -0.131. The van der Waals surface area contributed by atoms with Crippen LogP contribution in [0.3, 0.4) is 0 Å². The van der Waals surface area contributed by atoms with Gasteiger partial charge in [-0.3, -0.25) is 4.79 Å². The van der Waals surface area contributed by atoms with E-state index in [-0.39, 0.29) is 28.6 Å². The highest BCUT2D eigenvalue weighted by atomic mass is 16.3. The van der Waals surface area contributed by atoms with Crippen molar-refractivity contribution in [1.29, 1.82) is 0 Å². The van der Waals surface area contributed by atoms with Gasteiger partial charge in [0.15, 0.2) is 0 Å². The van der Waals surface area contributed by atoms with E-state index in [0.29, 0.717) is 12.2 Å². The molecule has 0 bridgehead atoms. The van der Waals surface area contributed by atoms with E-state index in [4.69, 9.17) is 0 Å². The van der Waals surface area contributed by atoms with Gasteiger partial charge in [0.2, 0.25) is 0 Å². The summed E-state index contributed by atoms with van der Waals surface area (Å²) in [5.74, 6) is 0.897. The Morgan fingerprint density at radius 3 is 2.59 bits per heavy atom. The van der Waals surface area contributed by atoms with Crippen LogP contribution in [0, 0.1) is 28.6 Å². The number of hydrogen-bond donors (Lipinski definition) is 1. The molecule has 0 aliphatic heterocycles. The van der Waals surface area contributed by atoms with E-state index in [0.717, 1.165) is 19.3 Å². The van der Waals surface area contributed by atoms with Gasteiger partial charge in [-0.15, -0.1) is 0 Å². The highest BCUT2D eigenvalue weighted by Gasteiger charge is 2.60. The Labute approximate surface area is 134 Å². The summed E-state index contributed by atoms with van der Waals surface area (Å²) < 4.78 is 0. The van der Waals surface area contributed by atoms with Gasteiger partial charge in [-0.2, -0.15) is 0 Å². The zero-order valence-corrected chi connectivity index (χ0v) is 14.6. The number of fused-ring (bicyclic) bond motifs is 2. The summed E-state index contributed by atoms with van der Waals surface area (Å²) in [6.45, 7) is 10.8. The molecule has 0 aromatic rings. The number of allylic oxidation sites excluding steroid dienone is 4. The molecule has 2 nitrogen and oxygen atoms in total. The van der Waals surface area contributed by atoms with Gasteiger partial charge >= 0.3 is 0 Å². The second-order valence-electron chi connectivity index (χ2n) is 8.79. The minimum atomic E-state index is -0.685. The molecule has 22 heavy (non-hydrogen) atoms. The number of aliphatic hydroxyl groups is 1. The average Bonchev–Trinajstić information content (AvgIpc) is 2.64. The molecule has 3 rings (SSSR count). The molecule has 0 aromatic carbocycles. The molecule has 0 saturated heterocycles. The molecule has 3 aliphatic carbocycles. The molecule has 3 aliphatic rings. The number of hydrogen-bond acceptors (Lipinski definition) is 2. The summed E-state index contributed by atoms with van der Waals surface area (Å²) in [5, 5.41) is 11.3. The van der Waals surface area contributed by atoms with Gasteiger partial charge in [-0.1, -0.05) is 44.6 Å². The smallest absolute Gasteiger partial charge is 0.143 e. The Morgan fingerprint density at radius 2 is 1.95 bits per heavy atom. The highest BCUT2D eigenvalue weighted by molar-refractivity contribution is 5.88. The van der Waals surface area contributed by atoms with Crippen LogP contribution in [0.25, 0.3) is 0 Å². The van der Waals surface area contributed by atoms with E-state index in [1.165, 1.54) is 5.57 Å². The van der Waals surface area contributed by atoms with Crippen LogP contribution >= 0.6 is 0 Å². The Kier molecular flexibility index (Phi) is 3.49. The monoisotopic (exact) mass is 302 g/mol. The normalized spacial score (nSPS) is 48.0. The maximum absolute atomic E-state index is 13.1. The van der Waals surface area contributed by atoms with Crippen molar-refractivity contribution in [3.63, 3.8) is 0 Å². The molecule has 0 aromatic heterocycles. The molecule has 0 spiro atoms. The van der Waals surface area contributed by atoms with Crippen molar-refractivity contribution in [2.24, 2.45) is 28.6 Å². The van der Waals surface area contributed by atoms with Crippen LogP contribution in [0.4, 0.5) is 0 Å². The largest absolute Gasteiger partial charge is 0.389 e. The fraction of sp³-hybridized carbons (Fsp3) is 0.750. The fourth-order valence-electron chi connectivity index (χ4n) is 5.43. The molecule has 2 saturated carbocycles. The van der Waals surface area contributed by atoms with E-state index in [9.17, 15) is 9.90 Å². The Morgan fingerprint density at radius 1 is 1.27 bits per heavy atom. The first kappa shape index (κ1) is 16.0. The first-order valence-electron chi connectivity index (χ1n) is 8.75. The molecule has 0 amide bonds. The molecule has 1 N–H and O–H groups in total. The van der Waals surface area contributed by atoms with E-state index in [1.807, 2.05) is 6.08 Å². The van der Waals surface area contributed by atoms with Crippen LogP contribution < -0.4 is 0 Å². The third kappa shape index (κ3) is 1.99. The van der Waals surface area contributed by atoms with Gasteiger partial charge in [0, 0.05) is 12.3 Å². The maximum Gasteiger partial charge on any atom is 0.143 e. The van der Waals surface area contributed by atoms with Crippen molar-refractivity contribution in [2.75, 3.05) is 0 Å². The van der Waals surface area contributed by atoms with E-state index in [2.05, 4.69) is 46.8 Å². The van der Waals surface area contributed by atoms with Crippen molar-refractivity contribution in [3.8, 4) is 0 Å². The summed E-state index contributed by atoms with van der Waals surface area (Å²) in [6.07, 6.45) is 9.71. The minimum Gasteiger partial charge on any atom is -0.389 e. The summed E-state index contributed by atoms with van der Waals surface area (Å²) >= 11 is 0. The third-order valence-corrected chi connectivity index (χ3v) is 7.28. The van der Waals surface area contributed by atoms with Crippen LogP contribution in [0.5, 0.6) is 0 Å². The standard InChI is InChI=1S/C20H30O2/c1-13(2)20(22)10-9-18(4)12-15-14(3)7-6-8-19(15,5)17(21)11-16(18)20/h6-8,13,15-16,22H,9-12H2,1-5H3/t15-,16+,18+,19+,20+/m0/s1. The van der Waals surface area contributed by atoms with Gasteiger partial charge in [0.1, 0.15) is 5.78 Å². The molecule has 5 atom stereocenters. The zero-order chi connectivity index (χ0) is 16.3. The average molecular weight is 302 g/mol. The maximum atomic E-state index is 13.1. The van der Waals surface area contributed by atoms with E-state index in [1.54, 1.807) is 0 Å². The minimum absolute atomic E-state index is 0.0669. The van der Waals surface area contributed by atoms with Crippen molar-refractivity contribution in [3.05, 3.63) is 23.8 Å². The molecule has 0 unspecified atom stereocenters. The number of rotatable bonds is 1. The first-order chi connectivity index (χ1) is 10.1. The van der Waals surface area contributed by atoms with Gasteiger partial charge < -0.3 is 5.11 Å². The number of carbonyl (C=O) groups is 1. The highest BCUT2D eigenvalue weighted by Crippen LogP contribution is 2.61. The second-order valence-corrected chi connectivity index (χ2v) is 8.79. The molecule has 0 heterocycles. The topological polar surface area (TPSA) is 37.3 Å². The second kappa shape index (κ2) is 4.80. The Bertz CT molecular complexity index is 558. The van der Waals surface area contributed by atoms with Gasteiger partial charge in [0.05, 0.1) is 11.0 Å². The summed E-state index contributed by atoms with van der Waals surface area (Å²) in [6, 6.07) is 0. The molecule has 2 heteroatoms. The fourth-order valence-corrected chi connectivity index (χ4v) is 5.43. The zero-order valence-electron chi connectivity index (χ0n) is 14.6. The van der Waals surface area contributed by atoms with Crippen LogP contribution in [0.1, 0.15) is 60.3 Å². The van der Waals surface area contributed by atoms with Crippen molar-refractivity contribution >= 4 is 5.78 Å². The molecule has 0 radical (unpaired) electrons. The molecule has 2 fully saturated rings. The summed E-state index contributed by atoms with van der Waals surface area (Å²) in [7, 11) is 0. The number of carbonyl (C=O) groups excluding carboxylic acids is 1. The summed E-state index contributed by atoms with van der Waals surface area (Å²) in [4.78, 5) is 13.1. The number of Topliss-reactive ketones (excluding diaryl/α,β-unsaturated/α-hetero) is 1. The van der Waals surface area contributed by atoms with Crippen LogP contribution in [0.15, 0.2) is 23.8 Å². The predicted molar refractivity (Wildman–Crippen MR) is 89.4 cm³/mol. The van der Waals surface area contributed by atoms with Crippen LogP contribution in [-0.4, -0.2) is 16.5 Å². The quantitative estimate of drug-likeness (QED) is 0.784.